The smallest absolute Gasteiger partial charge is 0.0658 e. The summed E-state index contributed by atoms with van der Waals surface area (Å²) in [4.78, 5) is 0. The molecule has 0 aromatic carbocycles. The van der Waals surface area contributed by atoms with Crippen LogP contribution in [0.4, 0.5) is 0 Å². The van der Waals surface area contributed by atoms with Crippen LogP contribution in [0.3, 0.4) is 0 Å². The van der Waals surface area contributed by atoms with Gasteiger partial charge in [-0.05, 0) is 13.5 Å². The molecule has 1 heteroatoms. The third kappa shape index (κ3) is 3.35. The number of nitrogens with one attached hydrogen (secondary N) is 1. The van der Waals surface area contributed by atoms with Crippen molar-refractivity contribution in [2.75, 3.05) is 6.54 Å². The SMILES string of the molecule is C#CC(C)NCC. The van der Waals surface area contributed by atoms with Crippen LogP contribution in [0.5, 0.6) is 0 Å². The minimum atomic E-state index is 0.227. The molecular weight excluding hydrogens is 86.1 g/mol. The molecule has 0 aliphatic carbocycles. The molecule has 0 spiro atoms. The zero-order valence-electron chi connectivity index (χ0n) is 4.86. The first-order valence-corrected chi connectivity index (χ1v) is 2.50. The van der Waals surface area contributed by atoms with Crippen molar-refractivity contribution in [3.05, 3.63) is 0 Å². The van der Waals surface area contributed by atoms with E-state index in [2.05, 4.69) is 11.2 Å². The van der Waals surface area contributed by atoms with Crippen molar-refractivity contribution in [1.82, 2.24) is 5.32 Å². The molecule has 1 atom stereocenters. The van der Waals surface area contributed by atoms with Gasteiger partial charge in [0.1, 0.15) is 0 Å². The van der Waals surface area contributed by atoms with E-state index in [1.165, 1.54) is 0 Å². The zero-order chi connectivity index (χ0) is 5.70. The van der Waals surface area contributed by atoms with Crippen LogP contribution in [0.15, 0.2) is 0 Å². The number of rotatable bonds is 2. The highest BCUT2D eigenvalue weighted by Gasteiger charge is 1.86. The average molecular weight is 97.2 g/mol. The lowest BCUT2D eigenvalue weighted by Crippen LogP contribution is -2.23. The topological polar surface area (TPSA) is 12.0 Å². The highest BCUT2D eigenvalue weighted by molar-refractivity contribution is 4.95. The molecule has 0 fully saturated rings. The fourth-order valence-electron chi connectivity index (χ4n) is 0.365. The monoisotopic (exact) mass is 97.1 g/mol. The Bertz CT molecular complexity index is 70.7. The molecule has 0 saturated heterocycles. The maximum atomic E-state index is 5.05. The van der Waals surface area contributed by atoms with Gasteiger partial charge in [0.2, 0.25) is 0 Å². The number of hydrogen-bond donors (Lipinski definition) is 1. The minimum absolute atomic E-state index is 0.227. The van der Waals surface area contributed by atoms with Crippen LogP contribution in [0.25, 0.3) is 0 Å². The Hall–Kier alpha value is -0.480. The maximum absolute atomic E-state index is 5.05. The largest absolute Gasteiger partial charge is 0.304 e. The van der Waals surface area contributed by atoms with Crippen molar-refractivity contribution in [1.29, 1.82) is 0 Å². The van der Waals surface area contributed by atoms with Crippen LogP contribution in [0.1, 0.15) is 13.8 Å². The molecule has 0 saturated carbocycles. The summed E-state index contributed by atoms with van der Waals surface area (Å²) in [7, 11) is 0. The lowest BCUT2D eigenvalue weighted by molar-refractivity contribution is 0.677. The first-order chi connectivity index (χ1) is 3.31. The van der Waals surface area contributed by atoms with Gasteiger partial charge >= 0.3 is 0 Å². The first kappa shape index (κ1) is 6.52. The quantitative estimate of drug-likeness (QED) is 0.498. The third-order valence-electron chi connectivity index (χ3n) is 0.760. The van der Waals surface area contributed by atoms with Crippen LogP contribution in [0.2, 0.25) is 0 Å². The van der Waals surface area contributed by atoms with Gasteiger partial charge in [-0.1, -0.05) is 12.8 Å². The fraction of sp³-hybridized carbons (Fsp3) is 0.667. The van der Waals surface area contributed by atoms with Crippen LogP contribution in [0, 0.1) is 12.3 Å². The molecule has 1 unspecified atom stereocenters. The molecule has 0 radical (unpaired) electrons. The fourth-order valence-corrected chi connectivity index (χ4v) is 0.365. The second kappa shape index (κ2) is 3.70. The number of hydrogen-bond acceptors (Lipinski definition) is 1. The summed E-state index contributed by atoms with van der Waals surface area (Å²) in [6.45, 7) is 4.95. The predicted octanol–water partition coefficient (Wildman–Crippen LogP) is 0.618. The molecule has 0 aromatic rings. The normalized spacial score (nSPS) is 12.7. The van der Waals surface area contributed by atoms with E-state index in [4.69, 9.17) is 6.42 Å². The van der Waals surface area contributed by atoms with Crippen molar-refractivity contribution in [2.45, 2.75) is 19.9 Å². The Labute approximate surface area is 45.1 Å². The predicted molar refractivity (Wildman–Crippen MR) is 32.0 cm³/mol. The van der Waals surface area contributed by atoms with Crippen LogP contribution in [-0.4, -0.2) is 12.6 Å². The molecule has 1 nitrogen and oxygen atoms in total. The summed E-state index contributed by atoms with van der Waals surface area (Å²) in [6, 6.07) is 0.227. The molecule has 0 aliphatic rings. The van der Waals surface area contributed by atoms with Gasteiger partial charge < -0.3 is 5.32 Å². The Kier molecular flexibility index (Phi) is 3.45. The Morgan fingerprint density at radius 2 is 2.43 bits per heavy atom. The maximum Gasteiger partial charge on any atom is 0.0658 e. The molecule has 40 valence electrons. The molecule has 1 N–H and O–H groups in total. The van der Waals surface area contributed by atoms with E-state index < -0.39 is 0 Å². The highest BCUT2D eigenvalue weighted by atomic mass is 14.9. The molecule has 0 amide bonds. The van der Waals surface area contributed by atoms with E-state index >= 15 is 0 Å². The Balaban J connectivity index is 3.04. The standard InChI is InChI=1S/C6H11N/c1-4-6(3)7-5-2/h1,6-7H,5H2,2-3H3. The van der Waals surface area contributed by atoms with Gasteiger partial charge in [0.05, 0.1) is 6.04 Å². The van der Waals surface area contributed by atoms with Gasteiger partial charge in [-0.2, -0.15) is 0 Å². The second-order valence-electron chi connectivity index (χ2n) is 1.45. The van der Waals surface area contributed by atoms with Crippen molar-refractivity contribution in [3.63, 3.8) is 0 Å². The second-order valence-corrected chi connectivity index (χ2v) is 1.45. The summed E-state index contributed by atoms with van der Waals surface area (Å²) < 4.78 is 0. The highest BCUT2D eigenvalue weighted by Crippen LogP contribution is 1.71. The molecule has 0 bridgehead atoms. The Morgan fingerprint density at radius 3 is 2.57 bits per heavy atom. The first-order valence-electron chi connectivity index (χ1n) is 2.50. The number of terminal acetylenes is 1. The lowest BCUT2D eigenvalue weighted by Gasteiger charge is -2.00. The van der Waals surface area contributed by atoms with E-state index in [9.17, 15) is 0 Å². The van der Waals surface area contributed by atoms with Crippen LogP contribution >= 0.6 is 0 Å². The molecular formula is C6H11N. The van der Waals surface area contributed by atoms with Gasteiger partial charge in [-0.15, -0.1) is 6.42 Å². The van der Waals surface area contributed by atoms with Crippen LogP contribution in [-0.2, 0) is 0 Å². The third-order valence-corrected chi connectivity index (χ3v) is 0.760. The molecule has 7 heavy (non-hydrogen) atoms. The molecule has 0 aliphatic heterocycles. The summed E-state index contributed by atoms with van der Waals surface area (Å²) >= 11 is 0. The zero-order valence-corrected chi connectivity index (χ0v) is 4.86. The van der Waals surface area contributed by atoms with Crippen molar-refractivity contribution in [3.8, 4) is 12.3 Å². The van der Waals surface area contributed by atoms with E-state index in [0.29, 0.717) is 0 Å². The van der Waals surface area contributed by atoms with Crippen molar-refractivity contribution in [2.24, 2.45) is 0 Å². The van der Waals surface area contributed by atoms with E-state index in [1.54, 1.807) is 0 Å². The summed E-state index contributed by atoms with van der Waals surface area (Å²) in [5.74, 6) is 2.55. The van der Waals surface area contributed by atoms with Gasteiger partial charge in [0, 0.05) is 0 Å². The molecule has 0 aromatic heterocycles. The van der Waals surface area contributed by atoms with E-state index in [0.717, 1.165) is 6.54 Å². The van der Waals surface area contributed by atoms with E-state index in [1.807, 2.05) is 13.8 Å². The summed E-state index contributed by atoms with van der Waals surface area (Å²) in [5, 5.41) is 3.06. The minimum Gasteiger partial charge on any atom is -0.304 e. The van der Waals surface area contributed by atoms with Gasteiger partial charge in [-0.25, -0.2) is 0 Å². The lowest BCUT2D eigenvalue weighted by atomic mass is 10.4. The van der Waals surface area contributed by atoms with Gasteiger partial charge in [0.25, 0.3) is 0 Å². The average Bonchev–Trinajstić information content (AvgIpc) is 1.68. The van der Waals surface area contributed by atoms with E-state index in [-0.39, 0.29) is 6.04 Å². The van der Waals surface area contributed by atoms with Gasteiger partial charge in [0.15, 0.2) is 0 Å². The summed E-state index contributed by atoms with van der Waals surface area (Å²) in [6.07, 6.45) is 5.05. The molecule has 0 rings (SSSR count). The summed E-state index contributed by atoms with van der Waals surface area (Å²) in [5.41, 5.74) is 0. The van der Waals surface area contributed by atoms with Crippen LogP contribution < -0.4 is 5.32 Å². The van der Waals surface area contributed by atoms with Gasteiger partial charge in [-0.3, -0.25) is 0 Å². The van der Waals surface area contributed by atoms with Crippen molar-refractivity contribution >= 4 is 0 Å². The molecule has 0 heterocycles. The van der Waals surface area contributed by atoms with Crippen molar-refractivity contribution < 1.29 is 0 Å². The Morgan fingerprint density at radius 1 is 1.86 bits per heavy atom.